The molecule has 2 rings (SSSR count). The lowest BCUT2D eigenvalue weighted by Gasteiger charge is -2.04. The van der Waals surface area contributed by atoms with Crippen molar-refractivity contribution >= 4 is 15.9 Å². The van der Waals surface area contributed by atoms with Crippen molar-refractivity contribution in [2.45, 2.75) is 25.3 Å². The summed E-state index contributed by atoms with van der Waals surface area (Å²) in [6.07, 6.45) is 1.09. The van der Waals surface area contributed by atoms with Crippen molar-refractivity contribution in [2.24, 2.45) is 11.7 Å². The monoisotopic (exact) mass is 257 g/mol. The molecule has 0 heterocycles. The summed E-state index contributed by atoms with van der Waals surface area (Å²) >= 11 is 3.29. The van der Waals surface area contributed by atoms with Gasteiger partial charge >= 0.3 is 0 Å². The minimum atomic E-state index is -0.176. The van der Waals surface area contributed by atoms with Gasteiger partial charge in [-0.15, -0.1) is 0 Å². The summed E-state index contributed by atoms with van der Waals surface area (Å²) in [6, 6.07) is 5.28. The highest BCUT2D eigenvalue weighted by molar-refractivity contribution is 9.10. The zero-order valence-electron chi connectivity index (χ0n) is 8.00. The fourth-order valence-corrected chi connectivity index (χ4v) is 2.45. The van der Waals surface area contributed by atoms with Crippen LogP contribution in [0.25, 0.3) is 0 Å². The van der Waals surface area contributed by atoms with E-state index in [4.69, 9.17) is 5.73 Å². The van der Waals surface area contributed by atoms with Crippen molar-refractivity contribution in [1.82, 2.24) is 0 Å². The van der Waals surface area contributed by atoms with Gasteiger partial charge in [0, 0.05) is 10.5 Å². The van der Waals surface area contributed by atoms with Crippen LogP contribution in [0.4, 0.5) is 4.39 Å². The van der Waals surface area contributed by atoms with Crippen LogP contribution in [-0.4, -0.2) is 6.04 Å². The second kappa shape index (κ2) is 3.63. The topological polar surface area (TPSA) is 26.0 Å². The molecule has 1 fully saturated rings. The maximum absolute atomic E-state index is 13.1. The first kappa shape index (κ1) is 10.1. The van der Waals surface area contributed by atoms with Gasteiger partial charge in [0.15, 0.2) is 0 Å². The number of rotatable bonds is 2. The van der Waals surface area contributed by atoms with Gasteiger partial charge in [-0.1, -0.05) is 15.9 Å². The molecule has 1 aliphatic rings. The predicted octanol–water partition coefficient (Wildman–Crippen LogP) is 3.04. The highest BCUT2D eigenvalue weighted by Crippen LogP contribution is 2.49. The van der Waals surface area contributed by atoms with Crippen LogP contribution in [0.3, 0.4) is 0 Å². The molecule has 0 radical (unpaired) electrons. The molecule has 0 aliphatic heterocycles. The van der Waals surface area contributed by atoms with Gasteiger partial charge in [-0.05, 0) is 48.9 Å². The minimum Gasteiger partial charge on any atom is -0.328 e. The standard InChI is InChI=1S/C11H13BrFN/c1-6(14)10-5-11(10)7-2-8(12)4-9(13)3-7/h2-4,6,10-11H,5,14H2,1H3. The van der Waals surface area contributed by atoms with Gasteiger partial charge in [0.1, 0.15) is 5.82 Å². The van der Waals surface area contributed by atoms with E-state index >= 15 is 0 Å². The van der Waals surface area contributed by atoms with Gasteiger partial charge in [0.2, 0.25) is 0 Å². The van der Waals surface area contributed by atoms with Crippen LogP contribution in [-0.2, 0) is 0 Å². The van der Waals surface area contributed by atoms with E-state index in [0.29, 0.717) is 11.8 Å². The third-order valence-electron chi connectivity index (χ3n) is 2.83. The van der Waals surface area contributed by atoms with E-state index in [9.17, 15) is 4.39 Å². The molecule has 14 heavy (non-hydrogen) atoms. The SMILES string of the molecule is CC(N)C1CC1c1cc(F)cc(Br)c1. The molecule has 0 amide bonds. The first-order chi connectivity index (χ1) is 6.58. The van der Waals surface area contributed by atoms with E-state index in [2.05, 4.69) is 15.9 Å². The smallest absolute Gasteiger partial charge is 0.124 e. The van der Waals surface area contributed by atoms with Gasteiger partial charge in [0.25, 0.3) is 0 Å². The van der Waals surface area contributed by atoms with Gasteiger partial charge in [0.05, 0.1) is 0 Å². The molecule has 1 aliphatic carbocycles. The molecule has 3 atom stereocenters. The molecular weight excluding hydrogens is 245 g/mol. The summed E-state index contributed by atoms with van der Waals surface area (Å²) in [5.74, 6) is 0.815. The summed E-state index contributed by atoms with van der Waals surface area (Å²) in [6.45, 7) is 2.01. The fraction of sp³-hybridized carbons (Fsp3) is 0.455. The average molecular weight is 258 g/mol. The lowest BCUT2D eigenvalue weighted by Crippen LogP contribution is -2.17. The third kappa shape index (κ3) is 1.98. The van der Waals surface area contributed by atoms with Crippen molar-refractivity contribution in [2.75, 3.05) is 0 Å². The van der Waals surface area contributed by atoms with Crippen molar-refractivity contribution in [3.05, 3.63) is 34.1 Å². The van der Waals surface area contributed by atoms with Gasteiger partial charge in [-0.3, -0.25) is 0 Å². The molecule has 1 nitrogen and oxygen atoms in total. The lowest BCUT2D eigenvalue weighted by molar-refractivity contribution is 0.615. The Morgan fingerprint density at radius 2 is 2.21 bits per heavy atom. The van der Waals surface area contributed by atoms with Crippen LogP contribution in [0.5, 0.6) is 0 Å². The molecule has 3 unspecified atom stereocenters. The third-order valence-corrected chi connectivity index (χ3v) is 3.29. The Morgan fingerprint density at radius 3 is 2.71 bits per heavy atom. The largest absolute Gasteiger partial charge is 0.328 e. The molecule has 0 saturated heterocycles. The maximum atomic E-state index is 13.1. The van der Waals surface area contributed by atoms with Gasteiger partial charge in [-0.25, -0.2) is 4.39 Å². The molecule has 76 valence electrons. The highest BCUT2D eigenvalue weighted by atomic mass is 79.9. The number of halogens is 2. The Hall–Kier alpha value is -0.410. The van der Waals surface area contributed by atoms with Crippen molar-refractivity contribution in [3.8, 4) is 0 Å². The molecule has 3 heteroatoms. The Morgan fingerprint density at radius 1 is 1.50 bits per heavy atom. The van der Waals surface area contributed by atoms with Crippen LogP contribution >= 0.6 is 15.9 Å². The first-order valence-corrected chi connectivity index (χ1v) is 5.59. The van der Waals surface area contributed by atoms with Gasteiger partial charge < -0.3 is 5.73 Å². The molecule has 0 bridgehead atoms. The van der Waals surface area contributed by atoms with Crippen LogP contribution < -0.4 is 5.73 Å². The van der Waals surface area contributed by atoms with Gasteiger partial charge in [-0.2, -0.15) is 0 Å². The maximum Gasteiger partial charge on any atom is 0.124 e. The van der Waals surface area contributed by atoms with Crippen molar-refractivity contribution in [3.63, 3.8) is 0 Å². The Labute approximate surface area is 91.6 Å². The Kier molecular flexibility index (Phi) is 2.62. The molecule has 0 spiro atoms. The number of hydrogen-bond acceptors (Lipinski definition) is 1. The molecule has 1 saturated carbocycles. The number of nitrogens with two attached hydrogens (primary N) is 1. The fourth-order valence-electron chi connectivity index (χ4n) is 1.97. The summed E-state index contributed by atoms with van der Waals surface area (Å²) in [4.78, 5) is 0. The molecule has 2 N–H and O–H groups in total. The predicted molar refractivity (Wildman–Crippen MR) is 58.6 cm³/mol. The van der Waals surface area contributed by atoms with Crippen LogP contribution in [0.15, 0.2) is 22.7 Å². The zero-order chi connectivity index (χ0) is 10.3. The molecule has 1 aromatic rings. The summed E-state index contributed by atoms with van der Waals surface area (Å²) in [5.41, 5.74) is 6.86. The van der Waals surface area contributed by atoms with E-state index in [-0.39, 0.29) is 11.9 Å². The van der Waals surface area contributed by atoms with Crippen LogP contribution in [0, 0.1) is 11.7 Å². The number of hydrogen-bond donors (Lipinski definition) is 1. The van der Waals surface area contributed by atoms with Crippen LogP contribution in [0.1, 0.15) is 24.8 Å². The lowest BCUT2D eigenvalue weighted by atomic mass is 10.1. The quantitative estimate of drug-likeness (QED) is 0.866. The molecular formula is C11H13BrFN. The summed E-state index contributed by atoms with van der Waals surface area (Å²) < 4.78 is 13.9. The number of benzene rings is 1. The molecule has 1 aromatic carbocycles. The van der Waals surface area contributed by atoms with E-state index in [1.54, 1.807) is 6.07 Å². The van der Waals surface area contributed by atoms with E-state index in [1.165, 1.54) is 6.07 Å². The molecule has 0 aromatic heterocycles. The second-order valence-corrected chi connectivity index (χ2v) is 4.98. The van der Waals surface area contributed by atoms with Crippen LogP contribution in [0.2, 0.25) is 0 Å². The summed E-state index contributed by atoms with van der Waals surface area (Å²) in [5, 5.41) is 0. The zero-order valence-corrected chi connectivity index (χ0v) is 9.59. The minimum absolute atomic E-state index is 0.176. The highest BCUT2D eigenvalue weighted by Gasteiger charge is 2.40. The van der Waals surface area contributed by atoms with Crippen molar-refractivity contribution < 1.29 is 4.39 Å². The summed E-state index contributed by atoms with van der Waals surface area (Å²) in [7, 11) is 0. The Bertz CT molecular complexity index is 331. The van der Waals surface area contributed by atoms with Crippen molar-refractivity contribution in [1.29, 1.82) is 0 Å². The average Bonchev–Trinajstić information content (AvgIpc) is 2.79. The van der Waals surface area contributed by atoms with E-state index < -0.39 is 0 Å². The first-order valence-electron chi connectivity index (χ1n) is 4.79. The Balaban J connectivity index is 2.19. The van der Waals surface area contributed by atoms with E-state index in [1.807, 2.05) is 13.0 Å². The normalized spacial score (nSPS) is 27.4. The second-order valence-electron chi connectivity index (χ2n) is 4.07. The van der Waals surface area contributed by atoms with E-state index in [0.717, 1.165) is 16.5 Å².